The van der Waals surface area contributed by atoms with Gasteiger partial charge in [-0.1, -0.05) is 47.0 Å². The van der Waals surface area contributed by atoms with E-state index in [0.717, 1.165) is 17.8 Å². The molecule has 1 nitrogen and oxygen atoms in total. The van der Waals surface area contributed by atoms with E-state index in [0.29, 0.717) is 5.41 Å². The van der Waals surface area contributed by atoms with Crippen LogP contribution >= 0.6 is 0 Å². The Kier molecular flexibility index (Phi) is 4.65. The quantitative estimate of drug-likeness (QED) is 0.735. The molecule has 0 heterocycles. The van der Waals surface area contributed by atoms with E-state index in [1.807, 2.05) is 0 Å². The third-order valence-corrected chi connectivity index (χ3v) is 6.38. The lowest BCUT2D eigenvalue weighted by Gasteiger charge is -2.48. The minimum Gasteiger partial charge on any atom is -0.325 e. The Morgan fingerprint density at radius 1 is 0.947 bits per heavy atom. The van der Waals surface area contributed by atoms with Crippen LogP contribution in [-0.4, -0.2) is 5.54 Å². The van der Waals surface area contributed by atoms with Crippen molar-refractivity contribution in [2.75, 3.05) is 0 Å². The maximum Gasteiger partial charge on any atom is 0.0183 e. The smallest absolute Gasteiger partial charge is 0.0183 e. The van der Waals surface area contributed by atoms with Crippen molar-refractivity contribution in [1.82, 2.24) is 0 Å². The summed E-state index contributed by atoms with van der Waals surface area (Å²) in [6.07, 6.45) is 12.3. The molecule has 2 aliphatic rings. The van der Waals surface area contributed by atoms with E-state index in [-0.39, 0.29) is 5.54 Å². The van der Waals surface area contributed by atoms with E-state index in [1.54, 1.807) is 0 Å². The van der Waals surface area contributed by atoms with Crippen LogP contribution in [0.15, 0.2) is 0 Å². The van der Waals surface area contributed by atoms with Crippen LogP contribution in [0.5, 0.6) is 0 Å². The van der Waals surface area contributed by atoms with Crippen LogP contribution in [0.25, 0.3) is 0 Å². The van der Waals surface area contributed by atoms with Crippen molar-refractivity contribution in [1.29, 1.82) is 0 Å². The van der Waals surface area contributed by atoms with Crippen molar-refractivity contribution in [2.45, 2.75) is 91.0 Å². The first-order chi connectivity index (χ1) is 8.85. The molecule has 2 fully saturated rings. The highest BCUT2D eigenvalue weighted by atomic mass is 14.8. The summed E-state index contributed by atoms with van der Waals surface area (Å²) < 4.78 is 0. The Morgan fingerprint density at radius 2 is 1.47 bits per heavy atom. The summed E-state index contributed by atoms with van der Waals surface area (Å²) in [4.78, 5) is 0. The second-order valence-electron chi connectivity index (χ2n) is 8.50. The van der Waals surface area contributed by atoms with Crippen LogP contribution in [0, 0.1) is 23.2 Å². The first kappa shape index (κ1) is 15.4. The molecule has 0 amide bonds. The van der Waals surface area contributed by atoms with Crippen molar-refractivity contribution in [3.63, 3.8) is 0 Å². The van der Waals surface area contributed by atoms with Gasteiger partial charge in [-0.25, -0.2) is 0 Å². The molecule has 2 rings (SSSR count). The van der Waals surface area contributed by atoms with Gasteiger partial charge in [-0.3, -0.25) is 0 Å². The van der Waals surface area contributed by atoms with Gasteiger partial charge < -0.3 is 5.73 Å². The van der Waals surface area contributed by atoms with Gasteiger partial charge in [0.25, 0.3) is 0 Å². The van der Waals surface area contributed by atoms with E-state index < -0.39 is 0 Å². The maximum atomic E-state index is 6.83. The topological polar surface area (TPSA) is 26.0 Å². The van der Waals surface area contributed by atoms with Crippen molar-refractivity contribution in [3.05, 3.63) is 0 Å². The molecule has 19 heavy (non-hydrogen) atoms. The molecule has 0 radical (unpaired) electrons. The Morgan fingerprint density at radius 3 is 1.89 bits per heavy atom. The van der Waals surface area contributed by atoms with Gasteiger partial charge in [0.2, 0.25) is 0 Å². The van der Waals surface area contributed by atoms with Crippen molar-refractivity contribution < 1.29 is 0 Å². The highest BCUT2D eigenvalue weighted by Gasteiger charge is 2.41. The molecule has 0 spiro atoms. The Bertz CT molecular complexity index is 273. The molecule has 1 heteroatoms. The fraction of sp³-hybridized carbons (Fsp3) is 1.00. The van der Waals surface area contributed by atoms with Gasteiger partial charge in [-0.05, 0) is 61.7 Å². The summed E-state index contributed by atoms with van der Waals surface area (Å²) in [7, 11) is 0. The summed E-state index contributed by atoms with van der Waals surface area (Å²) in [6.45, 7) is 9.53. The number of hydrogen-bond acceptors (Lipinski definition) is 1. The minimum absolute atomic E-state index is 0.181. The molecule has 2 N–H and O–H groups in total. The first-order valence-electron chi connectivity index (χ1n) is 8.64. The Labute approximate surface area is 120 Å². The van der Waals surface area contributed by atoms with Crippen molar-refractivity contribution in [3.8, 4) is 0 Å². The molecule has 2 saturated carbocycles. The number of hydrogen-bond donors (Lipinski definition) is 1. The summed E-state index contributed by atoms with van der Waals surface area (Å²) in [5, 5.41) is 0. The lowest BCUT2D eigenvalue weighted by molar-refractivity contribution is 0.0771. The van der Waals surface area contributed by atoms with Gasteiger partial charge in [0.1, 0.15) is 0 Å². The third kappa shape index (κ3) is 3.54. The molecule has 2 aliphatic carbocycles. The summed E-state index contributed by atoms with van der Waals surface area (Å²) in [5.74, 6) is 2.69. The normalized spacial score (nSPS) is 41.2. The molecule has 0 aromatic rings. The zero-order chi connectivity index (χ0) is 14.1. The zero-order valence-corrected chi connectivity index (χ0v) is 13.7. The van der Waals surface area contributed by atoms with E-state index in [1.165, 1.54) is 57.8 Å². The van der Waals surface area contributed by atoms with E-state index >= 15 is 0 Å². The highest BCUT2D eigenvalue weighted by Crippen LogP contribution is 2.46. The molecule has 0 atom stereocenters. The molecule has 0 aliphatic heterocycles. The van der Waals surface area contributed by atoms with Gasteiger partial charge in [-0.2, -0.15) is 0 Å². The van der Waals surface area contributed by atoms with Crippen LogP contribution in [0.2, 0.25) is 0 Å². The van der Waals surface area contributed by atoms with Gasteiger partial charge >= 0.3 is 0 Å². The van der Waals surface area contributed by atoms with Crippen LogP contribution in [-0.2, 0) is 0 Å². The second kappa shape index (κ2) is 5.76. The van der Waals surface area contributed by atoms with Gasteiger partial charge in [-0.15, -0.1) is 0 Å². The van der Waals surface area contributed by atoms with Crippen molar-refractivity contribution in [2.24, 2.45) is 28.9 Å². The average Bonchev–Trinajstić information content (AvgIpc) is 2.38. The molecular weight excluding hydrogens is 230 g/mol. The fourth-order valence-electron chi connectivity index (χ4n) is 4.58. The van der Waals surface area contributed by atoms with Crippen LogP contribution in [0.1, 0.15) is 85.5 Å². The third-order valence-electron chi connectivity index (χ3n) is 6.38. The zero-order valence-electron chi connectivity index (χ0n) is 13.7. The number of rotatable bonds is 2. The summed E-state index contributed by atoms with van der Waals surface area (Å²) in [5.41, 5.74) is 7.48. The molecule has 112 valence electrons. The van der Waals surface area contributed by atoms with Gasteiger partial charge in [0.15, 0.2) is 0 Å². The van der Waals surface area contributed by atoms with E-state index in [4.69, 9.17) is 5.73 Å². The van der Waals surface area contributed by atoms with Crippen LogP contribution < -0.4 is 5.73 Å². The van der Waals surface area contributed by atoms with E-state index in [2.05, 4.69) is 27.7 Å². The molecule has 0 saturated heterocycles. The van der Waals surface area contributed by atoms with Gasteiger partial charge in [0, 0.05) is 5.54 Å². The maximum absolute atomic E-state index is 6.83. The lowest BCUT2D eigenvalue weighted by atomic mass is 9.61. The van der Waals surface area contributed by atoms with Crippen molar-refractivity contribution >= 4 is 0 Å². The standard InChI is InChI=1S/C18H35N/c1-5-14-6-8-16(9-7-14)18(19)12-10-15(11-13-18)17(2,3)4/h14-16H,5-13,19H2,1-4H3. The molecule has 0 aromatic heterocycles. The Hall–Kier alpha value is -0.0400. The van der Waals surface area contributed by atoms with Crippen LogP contribution in [0.4, 0.5) is 0 Å². The summed E-state index contributed by atoms with van der Waals surface area (Å²) in [6, 6.07) is 0. The molecule has 0 unspecified atom stereocenters. The minimum atomic E-state index is 0.181. The lowest BCUT2D eigenvalue weighted by Crippen LogP contribution is -2.51. The Balaban J connectivity index is 1.88. The molecular formula is C18H35N. The van der Waals surface area contributed by atoms with Crippen LogP contribution in [0.3, 0.4) is 0 Å². The van der Waals surface area contributed by atoms with E-state index in [9.17, 15) is 0 Å². The average molecular weight is 265 g/mol. The first-order valence-corrected chi connectivity index (χ1v) is 8.64. The predicted octanol–water partition coefficient (Wildman–Crippen LogP) is 5.14. The molecule has 0 aromatic carbocycles. The predicted molar refractivity (Wildman–Crippen MR) is 84.1 cm³/mol. The monoisotopic (exact) mass is 265 g/mol. The fourth-order valence-corrected chi connectivity index (χ4v) is 4.58. The SMILES string of the molecule is CCC1CCC(C2(N)CCC(C(C)(C)C)CC2)CC1. The molecule has 0 bridgehead atoms. The van der Waals surface area contributed by atoms with Gasteiger partial charge in [0.05, 0.1) is 0 Å². The highest BCUT2D eigenvalue weighted by molar-refractivity contribution is 4.98. The number of nitrogens with two attached hydrogens (primary N) is 1. The largest absolute Gasteiger partial charge is 0.325 e. The second-order valence-corrected chi connectivity index (χ2v) is 8.50. The summed E-state index contributed by atoms with van der Waals surface area (Å²) >= 11 is 0.